The highest BCUT2D eigenvalue weighted by Crippen LogP contribution is 2.59. The second-order valence-corrected chi connectivity index (χ2v) is 5.96. The van der Waals surface area contributed by atoms with Gasteiger partial charge in [0.25, 0.3) is 5.91 Å². The van der Waals surface area contributed by atoms with E-state index in [4.69, 9.17) is 0 Å². The fraction of sp³-hybridized carbons (Fsp3) is 0.571. The molecule has 2 amide bonds. The molecule has 6 nitrogen and oxygen atoms in total. The van der Waals surface area contributed by atoms with E-state index in [2.05, 4.69) is 10.2 Å². The SMILES string of the molecule is CN(C)C(=O)[C@@H]1C[C@@]12CCN(C(=O)c1ccnnc1)C2. The van der Waals surface area contributed by atoms with Crippen LogP contribution in [0.5, 0.6) is 0 Å². The summed E-state index contributed by atoms with van der Waals surface area (Å²) < 4.78 is 0. The van der Waals surface area contributed by atoms with Gasteiger partial charge in [-0.2, -0.15) is 10.2 Å². The van der Waals surface area contributed by atoms with Crippen molar-refractivity contribution in [3.05, 3.63) is 24.0 Å². The van der Waals surface area contributed by atoms with Crippen molar-refractivity contribution in [1.82, 2.24) is 20.0 Å². The molecule has 3 rings (SSSR count). The topological polar surface area (TPSA) is 66.4 Å². The van der Waals surface area contributed by atoms with Gasteiger partial charge in [-0.15, -0.1) is 0 Å². The van der Waals surface area contributed by atoms with E-state index in [1.54, 1.807) is 25.1 Å². The summed E-state index contributed by atoms with van der Waals surface area (Å²) in [5.74, 6) is 0.260. The number of nitrogens with zero attached hydrogens (tertiary/aromatic N) is 4. The first kappa shape index (κ1) is 13.0. The number of aromatic nitrogens is 2. The number of hydrogen-bond acceptors (Lipinski definition) is 4. The van der Waals surface area contributed by atoms with Gasteiger partial charge in [0.05, 0.1) is 18.0 Å². The molecule has 1 aromatic heterocycles. The van der Waals surface area contributed by atoms with Crippen molar-refractivity contribution < 1.29 is 9.59 Å². The van der Waals surface area contributed by atoms with E-state index in [-0.39, 0.29) is 23.1 Å². The fourth-order valence-corrected chi connectivity index (χ4v) is 3.13. The number of rotatable bonds is 2. The summed E-state index contributed by atoms with van der Waals surface area (Å²) in [6, 6.07) is 1.68. The molecule has 2 fully saturated rings. The quantitative estimate of drug-likeness (QED) is 0.784. The zero-order valence-corrected chi connectivity index (χ0v) is 11.7. The zero-order valence-electron chi connectivity index (χ0n) is 11.7. The second-order valence-electron chi connectivity index (χ2n) is 5.96. The average Bonchev–Trinajstić information content (AvgIpc) is 2.98. The molecular weight excluding hydrogens is 256 g/mol. The van der Waals surface area contributed by atoms with Crippen molar-refractivity contribution in [2.75, 3.05) is 27.2 Å². The Morgan fingerprint density at radius 1 is 1.40 bits per heavy atom. The van der Waals surface area contributed by atoms with Gasteiger partial charge in [0.15, 0.2) is 0 Å². The van der Waals surface area contributed by atoms with Crippen LogP contribution in [0, 0.1) is 11.3 Å². The minimum absolute atomic E-state index is 0.0141. The summed E-state index contributed by atoms with van der Waals surface area (Å²) in [5, 5.41) is 7.42. The smallest absolute Gasteiger partial charge is 0.255 e. The van der Waals surface area contributed by atoms with Crippen LogP contribution >= 0.6 is 0 Å². The lowest BCUT2D eigenvalue weighted by atomic mass is 10.0. The van der Waals surface area contributed by atoms with Crippen molar-refractivity contribution in [2.45, 2.75) is 12.8 Å². The number of amides is 2. The molecule has 1 saturated carbocycles. The van der Waals surface area contributed by atoms with Gasteiger partial charge in [-0.1, -0.05) is 0 Å². The number of carbonyl (C=O) groups is 2. The molecule has 1 aromatic rings. The summed E-state index contributed by atoms with van der Waals surface area (Å²) >= 11 is 0. The molecule has 1 saturated heterocycles. The first-order chi connectivity index (χ1) is 9.53. The van der Waals surface area contributed by atoms with Gasteiger partial charge in [-0.25, -0.2) is 0 Å². The molecule has 0 bridgehead atoms. The minimum atomic E-state index is -0.0141. The summed E-state index contributed by atoms with van der Waals surface area (Å²) in [6.07, 6.45) is 4.83. The molecular formula is C14H18N4O2. The van der Waals surface area contributed by atoms with E-state index in [0.29, 0.717) is 12.1 Å². The van der Waals surface area contributed by atoms with E-state index in [1.165, 1.54) is 12.4 Å². The van der Waals surface area contributed by atoms with E-state index < -0.39 is 0 Å². The first-order valence-electron chi connectivity index (χ1n) is 6.81. The molecule has 6 heteroatoms. The molecule has 0 radical (unpaired) electrons. The molecule has 2 atom stereocenters. The lowest BCUT2D eigenvalue weighted by Gasteiger charge is -2.17. The van der Waals surface area contributed by atoms with Crippen molar-refractivity contribution >= 4 is 11.8 Å². The summed E-state index contributed by atoms with van der Waals surface area (Å²) in [4.78, 5) is 27.8. The molecule has 2 aliphatic rings. The zero-order chi connectivity index (χ0) is 14.3. The predicted octanol–water partition coefficient (Wildman–Crippen LogP) is 0.417. The van der Waals surface area contributed by atoms with E-state index in [1.807, 2.05) is 4.90 Å². The summed E-state index contributed by atoms with van der Waals surface area (Å²) in [7, 11) is 3.57. The van der Waals surface area contributed by atoms with Crippen LogP contribution in [0.15, 0.2) is 18.5 Å². The first-order valence-corrected chi connectivity index (χ1v) is 6.81. The Hall–Kier alpha value is -1.98. The standard InChI is InChI=1S/C14H18N4O2/c1-17(2)13(20)11-7-14(11)4-6-18(9-14)12(19)10-3-5-15-16-8-10/h3,5,8,11H,4,6-7,9H2,1-2H3/t11-,14+/m0/s1. The maximum Gasteiger partial charge on any atom is 0.255 e. The van der Waals surface area contributed by atoms with Crippen LogP contribution in [0.2, 0.25) is 0 Å². The van der Waals surface area contributed by atoms with Crippen LogP contribution in [0.3, 0.4) is 0 Å². The third-order valence-electron chi connectivity index (χ3n) is 4.43. The van der Waals surface area contributed by atoms with E-state index in [9.17, 15) is 9.59 Å². The average molecular weight is 274 g/mol. The molecule has 1 aliphatic carbocycles. The van der Waals surface area contributed by atoms with Crippen molar-refractivity contribution in [3.63, 3.8) is 0 Å². The maximum absolute atomic E-state index is 12.3. The summed E-state index contributed by atoms with van der Waals surface area (Å²) in [5.41, 5.74) is 0.588. The highest BCUT2D eigenvalue weighted by Gasteiger charge is 2.61. The van der Waals surface area contributed by atoms with Crippen LogP contribution in [-0.2, 0) is 4.79 Å². The Bertz CT molecular complexity index is 545. The lowest BCUT2D eigenvalue weighted by Crippen LogP contribution is -2.31. The Labute approximate surface area is 117 Å². The highest BCUT2D eigenvalue weighted by atomic mass is 16.2. The Balaban J connectivity index is 1.67. The second kappa shape index (κ2) is 4.54. The molecule has 0 aromatic carbocycles. The third kappa shape index (κ3) is 2.05. The van der Waals surface area contributed by atoms with E-state index in [0.717, 1.165) is 19.4 Å². The number of carbonyl (C=O) groups excluding carboxylic acids is 2. The molecule has 1 aliphatic heterocycles. The fourth-order valence-electron chi connectivity index (χ4n) is 3.13. The van der Waals surface area contributed by atoms with Crippen molar-refractivity contribution in [3.8, 4) is 0 Å². The van der Waals surface area contributed by atoms with Crippen LogP contribution < -0.4 is 0 Å². The Kier molecular flexibility index (Phi) is 2.96. The van der Waals surface area contributed by atoms with Crippen LogP contribution in [0.25, 0.3) is 0 Å². The molecule has 0 N–H and O–H groups in total. The third-order valence-corrected chi connectivity index (χ3v) is 4.43. The van der Waals surface area contributed by atoms with Gasteiger partial charge >= 0.3 is 0 Å². The lowest BCUT2D eigenvalue weighted by molar-refractivity contribution is -0.130. The predicted molar refractivity (Wildman–Crippen MR) is 71.8 cm³/mol. The molecule has 2 heterocycles. The number of hydrogen-bond donors (Lipinski definition) is 0. The normalized spacial score (nSPS) is 27.7. The van der Waals surface area contributed by atoms with Crippen molar-refractivity contribution in [1.29, 1.82) is 0 Å². The van der Waals surface area contributed by atoms with Gasteiger partial charge < -0.3 is 9.80 Å². The van der Waals surface area contributed by atoms with E-state index >= 15 is 0 Å². The molecule has 1 spiro atoms. The summed E-state index contributed by atoms with van der Waals surface area (Å²) in [6.45, 7) is 1.40. The maximum atomic E-state index is 12.3. The van der Waals surface area contributed by atoms with Gasteiger partial charge in [0.1, 0.15) is 0 Å². The van der Waals surface area contributed by atoms with Crippen molar-refractivity contribution in [2.24, 2.45) is 11.3 Å². The van der Waals surface area contributed by atoms with Gasteiger partial charge in [0.2, 0.25) is 5.91 Å². The van der Waals surface area contributed by atoms with Crippen LogP contribution in [0.1, 0.15) is 23.2 Å². The van der Waals surface area contributed by atoms with Gasteiger partial charge in [-0.3, -0.25) is 9.59 Å². The van der Waals surface area contributed by atoms with Crippen LogP contribution in [0.4, 0.5) is 0 Å². The molecule has 20 heavy (non-hydrogen) atoms. The van der Waals surface area contributed by atoms with Crippen LogP contribution in [-0.4, -0.2) is 59.0 Å². The molecule has 106 valence electrons. The minimum Gasteiger partial charge on any atom is -0.349 e. The number of likely N-dealkylation sites (tertiary alicyclic amines) is 1. The Morgan fingerprint density at radius 3 is 2.85 bits per heavy atom. The largest absolute Gasteiger partial charge is 0.349 e. The monoisotopic (exact) mass is 274 g/mol. The van der Waals surface area contributed by atoms with Gasteiger partial charge in [0, 0.05) is 38.5 Å². The highest BCUT2D eigenvalue weighted by molar-refractivity contribution is 5.94. The Morgan fingerprint density at radius 2 is 2.20 bits per heavy atom. The molecule has 0 unspecified atom stereocenters. The van der Waals surface area contributed by atoms with Gasteiger partial charge in [-0.05, 0) is 18.9 Å².